The molecule has 3 heterocycles. The van der Waals surface area contributed by atoms with Gasteiger partial charge in [0.1, 0.15) is 6.17 Å². The van der Waals surface area contributed by atoms with Gasteiger partial charge >= 0.3 is 6.03 Å². The third-order valence-corrected chi connectivity index (χ3v) is 5.87. The van der Waals surface area contributed by atoms with Gasteiger partial charge in [0.05, 0.1) is 36.0 Å². The minimum Gasteiger partial charge on any atom is -0.368 e. The van der Waals surface area contributed by atoms with E-state index in [0.29, 0.717) is 23.0 Å². The maximum Gasteiger partial charge on any atom is 0.318 e. The molecule has 2 aromatic heterocycles. The van der Waals surface area contributed by atoms with E-state index in [2.05, 4.69) is 26.4 Å². The van der Waals surface area contributed by atoms with E-state index >= 15 is 0 Å². The number of rotatable bonds is 7. The van der Waals surface area contributed by atoms with E-state index in [1.54, 1.807) is 11.1 Å². The largest absolute Gasteiger partial charge is 0.368 e. The summed E-state index contributed by atoms with van der Waals surface area (Å²) in [5, 5.41) is 7.44. The highest BCUT2D eigenvalue weighted by molar-refractivity contribution is 6.33. The molecule has 1 atom stereocenters. The van der Waals surface area contributed by atoms with Crippen molar-refractivity contribution in [1.29, 1.82) is 0 Å². The molecule has 0 aliphatic carbocycles. The summed E-state index contributed by atoms with van der Waals surface area (Å²) in [7, 11) is 0. The molecule has 0 spiro atoms. The summed E-state index contributed by atoms with van der Waals surface area (Å²) >= 11 is 6.73. The van der Waals surface area contributed by atoms with Gasteiger partial charge in [-0.2, -0.15) is 5.10 Å². The van der Waals surface area contributed by atoms with Crippen molar-refractivity contribution in [1.82, 2.24) is 30.0 Å². The van der Waals surface area contributed by atoms with Crippen molar-refractivity contribution in [2.75, 3.05) is 12.3 Å². The zero-order valence-electron chi connectivity index (χ0n) is 18.7. The summed E-state index contributed by atoms with van der Waals surface area (Å²) in [6.07, 6.45) is 4.21. The molecule has 3 aromatic rings. The van der Waals surface area contributed by atoms with E-state index in [1.165, 1.54) is 6.92 Å². The van der Waals surface area contributed by atoms with Crippen molar-refractivity contribution in [3.8, 4) is 11.3 Å². The molecule has 0 saturated heterocycles. The van der Waals surface area contributed by atoms with Crippen LogP contribution in [-0.4, -0.2) is 43.4 Å². The van der Waals surface area contributed by atoms with Crippen LogP contribution in [0.25, 0.3) is 11.3 Å². The smallest absolute Gasteiger partial charge is 0.318 e. The van der Waals surface area contributed by atoms with E-state index in [0.717, 1.165) is 41.6 Å². The molecule has 0 saturated carbocycles. The topological polar surface area (TPSA) is 102 Å². The fourth-order valence-electron chi connectivity index (χ4n) is 4.10. The first kappa shape index (κ1) is 23.0. The van der Waals surface area contributed by atoms with Crippen LogP contribution in [0.15, 0.2) is 30.6 Å². The number of carbonyl (C=O) groups is 1. The molecule has 0 fully saturated rings. The normalized spacial score (nSPS) is 13.8. The number of nitrogens with two attached hydrogens (primary N) is 1. The van der Waals surface area contributed by atoms with Crippen molar-refractivity contribution < 1.29 is 9.18 Å². The van der Waals surface area contributed by atoms with Crippen LogP contribution in [0.3, 0.4) is 0 Å². The third-order valence-electron chi connectivity index (χ3n) is 5.57. The fraction of sp³-hybridized carbons (Fsp3) is 0.391. The number of carbonyl (C=O) groups excluding carboxylic acids is 1. The van der Waals surface area contributed by atoms with Gasteiger partial charge in [0.25, 0.3) is 0 Å². The highest BCUT2D eigenvalue weighted by Crippen LogP contribution is 2.38. The lowest BCUT2D eigenvalue weighted by Crippen LogP contribution is -2.39. The lowest BCUT2D eigenvalue weighted by Gasteiger charge is -2.17. The molecule has 1 aliphatic rings. The predicted octanol–water partition coefficient (Wildman–Crippen LogP) is 3.90. The quantitative estimate of drug-likeness (QED) is 0.544. The molecule has 2 amide bonds. The van der Waals surface area contributed by atoms with Crippen LogP contribution in [0.5, 0.6) is 0 Å². The van der Waals surface area contributed by atoms with Crippen molar-refractivity contribution in [2.24, 2.45) is 0 Å². The van der Waals surface area contributed by atoms with E-state index in [9.17, 15) is 9.18 Å². The molecule has 1 unspecified atom stereocenters. The van der Waals surface area contributed by atoms with Crippen LogP contribution < -0.4 is 11.1 Å². The van der Waals surface area contributed by atoms with Gasteiger partial charge in [-0.3, -0.25) is 4.68 Å². The number of halogens is 2. The lowest BCUT2D eigenvalue weighted by atomic mass is 9.95. The number of anilines is 1. The number of hydrogen-bond donors (Lipinski definition) is 2. The minimum absolute atomic E-state index is 0.0451. The Morgan fingerprint density at radius 2 is 2.15 bits per heavy atom. The van der Waals surface area contributed by atoms with Crippen LogP contribution >= 0.6 is 11.6 Å². The second kappa shape index (κ2) is 9.74. The molecule has 4 rings (SSSR count). The molecule has 1 aliphatic heterocycles. The van der Waals surface area contributed by atoms with E-state index in [4.69, 9.17) is 17.3 Å². The summed E-state index contributed by atoms with van der Waals surface area (Å²) in [5.41, 5.74) is 11.1. The third kappa shape index (κ3) is 5.24. The second-order valence-corrected chi connectivity index (χ2v) is 8.74. The number of aromatic nitrogens is 4. The molecule has 10 heteroatoms. The monoisotopic (exact) mass is 471 g/mol. The number of urea groups is 1. The maximum atomic E-state index is 13.2. The van der Waals surface area contributed by atoms with Crippen LogP contribution in [0.1, 0.15) is 35.7 Å². The number of nitrogens with one attached hydrogen (secondary N) is 1. The van der Waals surface area contributed by atoms with Gasteiger partial charge in [0.2, 0.25) is 5.95 Å². The Morgan fingerprint density at radius 1 is 1.33 bits per heavy atom. The molecule has 0 radical (unpaired) electrons. The summed E-state index contributed by atoms with van der Waals surface area (Å²) in [6.45, 7) is 4.72. The number of aryl methyl sites for hydroxylation is 3. The number of hydrogen-bond acceptors (Lipinski definition) is 5. The van der Waals surface area contributed by atoms with Crippen molar-refractivity contribution >= 4 is 23.6 Å². The van der Waals surface area contributed by atoms with Gasteiger partial charge in [-0.25, -0.2) is 19.2 Å². The Balaban J connectivity index is 1.64. The number of amides is 2. The van der Waals surface area contributed by atoms with Crippen molar-refractivity contribution in [3.63, 3.8) is 0 Å². The van der Waals surface area contributed by atoms with E-state index < -0.39 is 6.17 Å². The Morgan fingerprint density at radius 3 is 2.88 bits per heavy atom. The fourth-order valence-corrected chi connectivity index (χ4v) is 4.49. The van der Waals surface area contributed by atoms with E-state index in [1.807, 2.05) is 29.9 Å². The van der Waals surface area contributed by atoms with Gasteiger partial charge in [0.15, 0.2) is 0 Å². The Labute approximate surface area is 197 Å². The first-order chi connectivity index (χ1) is 15.8. The Kier molecular flexibility index (Phi) is 6.78. The summed E-state index contributed by atoms with van der Waals surface area (Å²) < 4.78 is 15.1. The van der Waals surface area contributed by atoms with Crippen molar-refractivity contribution in [3.05, 3.63) is 58.0 Å². The first-order valence-electron chi connectivity index (χ1n) is 10.9. The van der Waals surface area contributed by atoms with Gasteiger partial charge in [-0.1, -0.05) is 17.7 Å². The van der Waals surface area contributed by atoms with Gasteiger partial charge in [-0.15, -0.1) is 0 Å². The van der Waals surface area contributed by atoms with Gasteiger partial charge in [-0.05, 0) is 49.9 Å². The standard InChI is InChI=1S/C23H27ClFN7O/c1-14-9-16(5-3-7-32-8-4-6-28-32)20(18(24)10-14)21-17-12-31(23(33)27-11-15(2)25)13-19(17)29-22(26)30-21/h4,6,8-10,15H,3,5,7,11-13H2,1-2H3,(H,27,33)(H2,26,29,30). The molecule has 8 nitrogen and oxygen atoms in total. The number of nitrogens with zero attached hydrogens (tertiary/aromatic N) is 5. The summed E-state index contributed by atoms with van der Waals surface area (Å²) in [4.78, 5) is 23.0. The first-order valence-corrected chi connectivity index (χ1v) is 11.3. The van der Waals surface area contributed by atoms with Gasteiger partial charge < -0.3 is 16.0 Å². The highest BCUT2D eigenvalue weighted by Gasteiger charge is 2.30. The van der Waals surface area contributed by atoms with Crippen LogP contribution in [0.4, 0.5) is 15.1 Å². The predicted molar refractivity (Wildman–Crippen MR) is 125 cm³/mol. The zero-order chi connectivity index (χ0) is 23.5. The molecular weight excluding hydrogens is 445 g/mol. The molecule has 174 valence electrons. The van der Waals surface area contributed by atoms with Gasteiger partial charge in [0, 0.05) is 30.1 Å². The molecule has 1 aromatic carbocycles. The molecule has 0 bridgehead atoms. The summed E-state index contributed by atoms with van der Waals surface area (Å²) in [6, 6.07) is 5.56. The maximum absolute atomic E-state index is 13.2. The molecule has 33 heavy (non-hydrogen) atoms. The Bertz CT molecular complexity index is 1150. The number of fused-ring (bicyclic) bond motifs is 1. The lowest BCUT2D eigenvalue weighted by molar-refractivity contribution is 0.194. The number of nitrogen functional groups attached to an aromatic ring is 1. The zero-order valence-corrected chi connectivity index (χ0v) is 19.4. The number of benzene rings is 1. The SMILES string of the molecule is Cc1cc(Cl)c(-c2nc(N)nc3c2CN(C(=O)NCC(C)F)C3)c(CCCn2cccn2)c1. The summed E-state index contributed by atoms with van der Waals surface area (Å²) in [5.74, 6) is 0.127. The van der Waals surface area contributed by atoms with Crippen LogP contribution in [0.2, 0.25) is 5.02 Å². The van der Waals surface area contributed by atoms with E-state index in [-0.39, 0.29) is 25.1 Å². The van der Waals surface area contributed by atoms with Crippen LogP contribution in [-0.2, 0) is 26.1 Å². The Hall–Kier alpha value is -3.20. The second-order valence-electron chi connectivity index (χ2n) is 8.33. The average molecular weight is 472 g/mol. The van der Waals surface area contributed by atoms with Crippen LogP contribution in [0, 0.1) is 6.92 Å². The number of alkyl halides is 1. The minimum atomic E-state index is -1.12. The van der Waals surface area contributed by atoms with Crippen molar-refractivity contribution in [2.45, 2.75) is 52.5 Å². The average Bonchev–Trinajstić information content (AvgIpc) is 3.41. The molecular formula is C23H27ClFN7O. The highest BCUT2D eigenvalue weighted by atomic mass is 35.5. The molecule has 3 N–H and O–H groups in total.